The average molecular weight is 365 g/mol. The molecule has 0 bridgehead atoms. The molecule has 1 aromatic carbocycles. The van der Waals surface area contributed by atoms with Gasteiger partial charge in [0.05, 0.1) is 4.90 Å². The lowest BCUT2D eigenvalue weighted by atomic mass is 9.66. The topological polar surface area (TPSA) is 96.8 Å². The average Bonchev–Trinajstić information content (AvgIpc) is 3.03. The third-order valence-electron chi connectivity index (χ3n) is 5.64. The van der Waals surface area contributed by atoms with Crippen LogP contribution in [0, 0.1) is 16.7 Å². The Balaban J connectivity index is 1.77. The number of nitriles is 1. The third kappa shape index (κ3) is 2.94. The first-order chi connectivity index (χ1) is 12.4. The molecule has 2 aromatic rings. The van der Waals surface area contributed by atoms with Crippen LogP contribution in [0.15, 0.2) is 47.5 Å². The van der Waals surface area contributed by atoms with Crippen molar-refractivity contribution in [2.24, 2.45) is 10.6 Å². The highest BCUT2D eigenvalue weighted by molar-refractivity contribution is 7.89. The Kier molecular flexibility index (Phi) is 3.94. The lowest BCUT2D eigenvalue weighted by Crippen LogP contribution is -2.26. The molecule has 0 atom stereocenters. The van der Waals surface area contributed by atoms with Crippen molar-refractivity contribution in [1.82, 2.24) is 4.98 Å². The van der Waals surface area contributed by atoms with Crippen LogP contribution < -0.4 is 5.14 Å². The summed E-state index contributed by atoms with van der Waals surface area (Å²) in [6, 6.07) is 12.6. The van der Waals surface area contributed by atoms with Crippen LogP contribution in [0.25, 0.3) is 11.1 Å². The molecule has 2 N–H and O–H groups in total. The number of rotatable bonds is 3. The van der Waals surface area contributed by atoms with Gasteiger partial charge < -0.3 is 0 Å². The molecule has 1 heterocycles. The number of sulfonamides is 1. The van der Waals surface area contributed by atoms with Crippen LogP contribution in [-0.4, -0.2) is 13.4 Å². The maximum absolute atomic E-state index is 11.5. The van der Waals surface area contributed by atoms with Crippen LogP contribution in [0.1, 0.15) is 48.9 Å². The Hall–Kier alpha value is -2.49. The first kappa shape index (κ1) is 17.0. The van der Waals surface area contributed by atoms with E-state index in [2.05, 4.69) is 11.1 Å². The molecular weight excluding hydrogens is 346 g/mol. The zero-order chi connectivity index (χ0) is 18.4. The molecule has 2 aliphatic carbocycles. The zero-order valence-corrected chi connectivity index (χ0v) is 15.1. The first-order valence-electron chi connectivity index (χ1n) is 8.62. The standard InChI is InChI=1S/C20H19N3O2S/c21-12-16-5-2-15(13-23-16)19-11-20(8-1-9-20)10-18(19)14-3-6-17(7-4-14)26(22,24)25/h2-7,13H,1,8-11H2,(H2,22,24,25). The number of primary sulfonamides is 1. The van der Waals surface area contributed by atoms with E-state index < -0.39 is 10.0 Å². The minimum Gasteiger partial charge on any atom is -0.245 e. The summed E-state index contributed by atoms with van der Waals surface area (Å²) in [5, 5.41) is 14.2. The molecule has 5 nitrogen and oxygen atoms in total. The molecule has 0 aliphatic heterocycles. The van der Waals surface area contributed by atoms with Gasteiger partial charge in [0, 0.05) is 6.20 Å². The van der Waals surface area contributed by atoms with Crippen molar-refractivity contribution < 1.29 is 8.42 Å². The number of pyridine rings is 1. The third-order valence-corrected chi connectivity index (χ3v) is 6.57. The van der Waals surface area contributed by atoms with Gasteiger partial charge in [-0.1, -0.05) is 24.6 Å². The predicted octanol–water partition coefficient (Wildman–Crippen LogP) is 3.48. The van der Waals surface area contributed by atoms with Gasteiger partial charge in [-0.3, -0.25) is 0 Å². The van der Waals surface area contributed by atoms with Gasteiger partial charge in [-0.05, 0) is 71.6 Å². The van der Waals surface area contributed by atoms with Crippen LogP contribution in [-0.2, 0) is 10.0 Å². The van der Waals surface area contributed by atoms with Gasteiger partial charge in [0.2, 0.25) is 10.0 Å². The number of benzene rings is 1. The van der Waals surface area contributed by atoms with E-state index >= 15 is 0 Å². The summed E-state index contributed by atoms with van der Waals surface area (Å²) in [6.07, 6.45) is 7.47. The molecule has 1 saturated carbocycles. The largest absolute Gasteiger partial charge is 0.245 e. The highest BCUT2D eigenvalue weighted by atomic mass is 32.2. The van der Waals surface area contributed by atoms with E-state index in [4.69, 9.17) is 10.4 Å². The minimum absolute atomic E-state index is 0.125. The van der Waals surface area contributed by atoms with Gasteiger partial charge in [0.15, 0.2) is 0 Å². The second kappa shape index (κ2) is 6.04. The Labute approximate surface area is 153 Å². The van der Waals surface area contributed by atoms with Gasteiger partial charge >= 0.3 is 0 Å². The molecular formula is C20H19N3O2S. The van der Waals surface area contributed by atoms with Gasteiger partial charge in [-0.2, -0.15) is 5.26 Å². The van der Waals surface area contributed by atoms with Crippen molar-refractivity contribution in [3.05, 3.63) is 59.4 Å². The maximum atomic E-state index is 11.5. The SMILES string of the molecule is N#Cc1ccc(C2=C(c3ccc(S(N)(=O)=O)cc3)CC3(CCC3)C2)cn1. The van der Waals surface area contributed by atoms with Gasteiger partial charge in [0.1, 0.15) is 11.8 Å². The Morgan fingerprint density at radius 3 is 2.08 bits per heavy atom. The smallest absolute Gasteiger partial charge is 0.238 e. The quantitative estimate of drug-likeness (QED) is 0.900. The zero-order valence-electron chi connectivity index (χ0n) is 14.3. The van der Waals surface area contributed by atoms with Crippen LogP contribution >= 0.6 is 0 Å². The molecule has 6 heteroatoms. The minimum atomic E-state index is -3.69. The molecule has 1 spiro atoms. The highest BCUT2D eigenvalue weighted by Crippen LogP contribution is 2.59. The molecule has 1 aromatic heterocycles. The fourth-order valence-electron chi connectivity index (χ4n) is 4.09. The monoisotopic (exact) mass is 365 g/mol. The number of hydrogen-bond donors (Lipinski definition) is 1. The molecule has 4 rings (SSSR count). The van der Waals surface area contributed by atoms with Gasteiger partial charge in [-0.25, -0.2) is 18.5 Å². The van der Waals surface area contributed by atoms with Crippen LogP contribution in [0.2, 0.25) is 0 Å². The van der Waals surface area contributed by atoms with E-state index in [0.717, 1.165) is 24.0 Å². The summed E-state index contributed by atoms with van der Waals surface area (Å²) >= 11 is 0. The summed E-state index contributed by atoms with van der Waals surface area (Å²) in [4.78, 5) is 4.34. The van der Waals surface area contributed by atoms with Gasteiger partial charge in [-0.15, -0.1) is 0 Å². The van der Waals surface area contributed by atoms with Crippen molar-refractivity contribution in [2.45, 2.75) is 37.0 Å². The van der Waals surface area contributed by atoms with E-state index in [1.54, 1.807) is 24.4 Å². The number of hydrogen-bond acceptors (Lipinski definition) is 4. The van der Waals surface area contributed by atoms with Crippen molar-refractivity contribution >= 4 is 21.2 Å². The normalized spacial score (nSPS) is 18.6. The molecule has 0 unspecified atom stereocenters. The molecule has 0 radical (unpaired) electrons. The Bertz CT molecular complexity index is 1030. The summed E-state index contributed by atoms with van der Waals surface area (Å²) in [5.41, 5.74) is 5.31. The molecule has 0 saturated heterocycles. The van der Waals surface area contributed by atoms with E-state index in [9.17, 15) is 8.42 Å². The lowest BCUT2D eigenvalue weighted by Gasteiger charge is -2.39. The first-order valence-corrected chi connectivity index (χ1v) is 10.2. The summed E-state index contributed by atoms with van der Waals surface area (Å²) in [7, 11) is -3.69. The van der Waals surface area contributed by atoms with Crippen molar-refractivity contribution in [3.63, 3.8) is 0 Å². The van der Waals surface area contributed by atoms with Crippen LogP contribution in [0.3, 0.4) is 0 Å². The fraction of sp³-hybridized carbons (Fsp3) is 0.300. The van der Waals surface area contributed by atoms with E-state index in [0.29, 0.717) is 11.1 Å². The van der Waals surface area contributed by atoms with Crippen LogP contribution in [0.5, 0.6) is 0 Å². The molecule has 1 fully saturated rings. The Morgan fingerprint density at radius 2 is 1.62 bits per heavy atom. The van der Waals surface area contributed by atoms with Crippen LogP contribution in [0.4, 0.5) is 0 Å². The summed E-state index contributed by atoms with van der Waals surface area (Å²) in [6.45, 7) is 0. The fourth-order valence-corrected chi connectivity index (χ4v) is 4.61. The van der Waals surface area contributed by atoms with Gasteiger partial charge in [0.25, 0.3) is 0 Å². The Morgan fingerprint density at radius 1 is 1.00 bits per heavy atom. The van der Waals surface area contributed by atoms with Crippen molar-refractivity contribution in [3.8, 4) is 6.07 Å². The summed E-state index contributed by atoms with van der Waals surface area (Å²) < 4.78 is 23.0. The molecule has 0 amide bonds. The number of nitrogens with two attached hydrogens (primary N) is 1. The highest BCUT2D eigenvalue weighted by Gasteiger charge is 2.43. The van der Waals surface area contributed by atoms with Crippen molar-refractivity contribution in [2.75, 3.05) is 0 Å². The molecule has 132 valence electrons. The number of nitrogens with zero attached hydrogens (tertiary/aromatic N) is 2. The second-order valence-corrected chi connectivity index (χ2v) is 8.84. The second-order valence-electron chi connectivity index (χ2n) is 7.28. The predicted molar refractivity (Wildman–Crippen MR) is 99.1 cm³/mol. The van der Waals surface area contributed by atoms with E-state index in [1.807, 2.05) is 18.2 Å². The molecule has 26 heavy (non-hydrogen) atoms. The van der Waals surface area contributed by atoms with Crippen molar-refractivity contribution in [1.29, 1.82) is 5.26 Å². The number of aromatic nitrogens is 1. The maximum Gasteiger partial charge on any atom is 0.238 e. The lowest BCUT2D eigenvalue weighted by molar-refractivity contribution is 0.157. The molecule has 2 aliphatic rings. The number of allylic oxidation sites excluding steroid dienone is 2. The summed E-state index contributed by atoms with van der Waals surface area (Å²) in [5.74, 6) is 0. The van der Waals surface area contributed by atoms with E-state index in [1.165, 1.54) is 30.4 Å². The van der Waals surface area contributed by atoms with E-state index in [-0.39, 0.29) is 4.90 Å².